The van der Waals surface area contributed by atoms with Gasteiger partial charge in [0.1, 0.15) is 18.1 Å². The maximum absolute atomic E-state index is 6.04. The molecule has 0 unspecified atom stereocenters. The second-order valence-corrected chi connectivity index (χ2v) is 6.98. The third kappa shape index (κ3) is 7.45. The summed E-state index contributed by atoms with van der Waals surface area (Å²) in [4.78, 5) is 0. The first-order valence-corrected chi connectivity index (χ1v) is 10.6. The van der Waals surface area contributed by atoms with Crippen LogP contribution in [0.4, 0.5) is 5.69 Å². The Morgan fingerprint density at radius 1 is 0.700 bits per heavy atom. The van der Waals surface area contributed by atoms with Crippen LogP contribution in [-0.2, 0) is 17.7 Å². The van der Waals surface area contributed by atoms with E-state index in [0.29, 0.717) is 26.4 Å². The molecule has 0 aliphatic carbocycles. The molecule has 158 valence electrons. The summed E-state index contributed by atoms with van der Waals surface area (Å²) in [5.41, 5.74) is 3.54. The van der Waals surface area contributed by atoms with Gasteiger partial charge in [-0.25, -0.2) is 0 Å². The third-order valence-corrected chi connectivity index (χ3v) is 4.70. The molecular weight excluding hydrogens is 374 g/mol. The van der Waals surface area contributed by atoms with Crippen LogP contribution in [0.5, 0.6) is 11.5 Å². The molecule has 0 heterocycles. The summed E-state index contributed by atoms with van der Waals surface area (Å²) in [6.45, 7) is 5.30. The average Bonchev–Trinajstić information content (AvgIpc) is 2.80. The Bertz CT molecular complexity index is 850. The molecule has 0 radical (unpaired) electrons. The number of benzene rings is 3. The molecule has 0 aromatic heterocycles. The van der Waals surface area contributed by atoms with Gasteiger partial charge in [-0.3, -0.25) is 0 Å². The van der Waals surface area contributed by atoms with Gasteiger partial charge in [0.2, 0.25) is 0 Å². The number of anilines is 1. The summed E-state index contributed by atoms with van der Waals surface area (Å²) in [5.74, 6) is 1.75. The van der Waals surface area contributed by atoms with Gasteiger partial charge in [-0.05, 0) is 55.2 Å². The Hall–Kier alpha value is -2.98. The molecule has 0 aliphatic heterocycles. The lowest BCUT2D eigenvalue weighted by Crippen LogP contribution is -2.06. The molecule has 3 rings (SSSR count). The van der Waals surface area contributed by atoms with Crippen molar-refractivity contribution in [3.05, 3.63) is 90.0 Å². The zero-order chi connectivity index (χ0) is 20.9. The van der Waals surface area contributed by atoms with Crippen molar-refractivity contribution in [2.24, 2.45) is 0 Å². The van der Waals surface area contributed by atoms with Gasteiger partial charge in [-0.1, -0.05) is 54.6 Å². The maximum atomic E-state index is 6.04. The van der Waals surface area contributed by atoms with Crippen molar-refractivity contribution in [3.63, 3.8) is 0 Å². The van der Waals surface area contributed by atoms with Crippen molar-refractivity contribution in [3.8, 4) is 11.5 Å². The Morgan fingerprint density at radius 2 is 1.47 bits per heavy atom. The van der Waals surface area contributed by atoms with Crippen LogP contribution >= 0.6 is 0 Å². The first-order valence-electron chi connectivity index (χ1n) is 10.6. The van der Waals surface area contributed by atoms with Crippen LogP contribution in [0, 0.1) is 0 Å². The van der Waals surface area contributed by atoms with Crippen LogP contribution in [0.3, 0.4) is 0 Å². The number of aryl methyl sites for hydroxylation is 1. The normalized spacial score (nSPS) is 10.6. The lowest BCUT2D eigenvalue weighted by Gasteiger charge is -2.14. The maximum Gasteiger partial charge on any atom is 0.142 e. The second kappa shape index (κ2) is 12.6. The fourth-order valence-electron chi connectivity index (χ4n) is 3.11. The molecule has 0 saturated carbocycles. The standard InChI is InChI=1S/C26H31NO3/c1-2-28-19-20-29-24-16-14-23(15-17-24)21-27-25-12-6-7-13-26(25)30-18-8-11-22-9-4-3-5-10-22/h3-7,9-10,12-17,27H,2,8,11,18-21H2,1H3. The van der Waals surface area contributed by atoms with Crippen LogP contribution in [0.25, 0.3) is 0 Å². The highest BCUT2D eigenvalue weighted by molar-refractivity contribution is 5.56. The molecule has 4 nitrogen and oxygen atoms in total. The smallest absolute Gasteiger partial charge is 0.142 e. The summed E-state index contributed by atoms with van der Waals surface area (Å²) in [6, 6.07) is 26.8. The molecule has 0 saturated heterocycles. The van der Waals surface area contributed by atoms with Crippen molar-refractivity contribution in [1.82, 2.24) is 0 Å². The summed E-state index contributed by atoms with van der Waals surface area (Å²) < 4.78 is 17.0. The minimum absolute atomic E-state index is 0.570. The van der Waals surface area contributed by atoms with Crippen LogP contribution in [0.15, 0.2) is 78.9 Å². The lowest BCUT2D eigenvalue weighted by molar-refractivity contribution is 0.110. The van der Waals surface area contributed by atoms with E-state index in [1.807, 2.05) is 43.3 Å². The fraction of sp³-hybridized carbons (Fsp3) is 0.308. The van der Waals surface area contributed by atoms with Crippen molar-refractivity contribution in [2.45, 2.75) is 26.3 Å². The number of nitrogens with one attached hydrogen (secondary N) is 1. The molecule has 0 spiro atoms. The Labute approximate surface area is 179 Å². The molecule has 30 heavy (non-hydrogen) atoms. The van der Waals surface area contributed by atoms with Crippen LogP contribution < -0.4 is 14.8 Å². The summed E-state index contributed by atoms with van der Waals surface area (Å²) in [7, 11) is 0. The highest BCUT2D eigenvalue weighted by atomic mass is 16.5. The highest BCUT2D eigenvalue weighted by Crippen LogP contribution is 2.25. The molecule has 4 heteroatoms. The molecule has 1 N–H and O–H groups in total. The van der Waals surface area contributed by atoms with Crippen LogP contribution in [0.1, 0.15) is 24.5 Å². The van der Waals surface area contributed by atoms with E-state index in [1.54, 1.807) is 0 Å². The van der Waals surface area contributed by atoms with Crippen LogP contribution in [0.2, 0.25) is 0 Å². The van der Waals surface area contributed by atoms with Gasteiger partial charge in [-0.15, -0.1) is 0 Å². The zero-order valence-electron chi connectivity index (χ0n) is 17.7. The number of para-hydroxylation sites is 2. The van der Waals surface area contributed by atoms with Gasteiger partial charge in [0.25, 0.3) is 0 Å². The molecule has 0 atom stereocenters. The number of rotatable bonds is 13. The van der Waals surface area contributed by atoms with Crippen molar-refractivity contribution in [2.75, 3.05) is 31.7 Å². The topological polar surface area (TPSA) is 39.7 Å². The molecule has 0 aliphatic rings. The SMILES string of the molecule is CCOCCOc1ccc(CNc2ccccc2OCCCc2ccccc2)cc1. The lowest BCUT2D eigenvalue weighted by atomic mass is 10.1. The molecule has 0 fully saturated rings. The summed E-state index contributed by atoms with van der Waals surface area (Å²) in [6.07, 6.45) is 2.01. The average molecular weight is 406 g/mol. The van der Waals surface area contributed by atoms with E-state index in [9.17, 15) is 0 Å². The van der Waals surface area contributed by atoms with Crippen molar-refractivity contribution >= 4 is 5.69 Å². The number of hydrogen-bond acceptors (Lipinski definition) is 4. The van der Waals surface area contributed by atoms with Crippen molar-refractivity contribution in [1.29, 1.82) is 0 Å². The predicted octanol–water partition coefficient (Wildman–Crippen LogP) is 5.73. The van der Waals surface area contributed by atoms with E-state index in [1.165, 1.54) is 11.1 Å². The van der Waals surface area contributed by atoms with E-state index < -0.39 is 0 Å². The predicted molar refractivity (Wildman–Crippen MR) is 122 cm³/mol. The van der Waals surface area contributed by atoms with E-state index in [-0.39, 0.29) is 0 Å². The first kappa shape index (κ1) is 21.7. The quantitative estimate of drug-likeness (QED) is 0.369. The van der Waals surface area contributed by atoms with E-state index in [4.69, 9.17) is 14.2 Å². The van der Waals surface area contributed by atoms with Crippen molar-refractivity contribution < 1.29 is 14.2 Å². The van der Waals surface area contributed by atoms with E-state index in [0.717, 1.165) is 36.6 Å². The summed E-state index contributed by atoms with van der Waals surface area (Å²) >= 11 is 0. The second-order valence-electron chi connectivity index (χ2n) is 6.98. The summed E-state index contributed by atoms with van der Waals surface area (Å²) in [5, 5.41) is 3.48. The highest BCUT2D eigenvalue weighted by Gasteiger charge is 2.04. The molecule has 0 bridgehead atoms. The van der Waals surface area contributed by atoms with Gasteiger partial charge >= 0.3 is 0 Å². The van der Waals surface area contributed by atoms with Gasteiger partial charge in [0, 0.05) is 13.2 Å². The number of hydrogen-bond donors (Lipinski definition) is 1. The van der Waals surface area contributed by atoms with Gasteiger partial charge in [-0.2, -0.15) is 0 Å². The van der Waals surface area contributed by atoms with Crippen LogP contribution in [-0.4, -0.2) is 26.4 Å². The zero-order valence-corrected chi connectivity index (χ0v) is 17.7. The van der Waals surface area contributed by atoms with E-state index >= 15 is 0 Å². The van der Waals surface area contributed by atoms with Gasteiger partial charge in [0.05, 0.1) is 18.9 Å². The Kier molecular flexibility index (Phi) is 9.09. The minimum atomic E-state index is 0.570. The Balaban J connectivity index is 1.44. The van der Waals surface area contributed by atoms with Gasteiger partial charge in [0.15, 0.2) is 0 Å². The largest absolute Gasteiger partial charge is 0.491 e. The third-order valence-electron chi connectivity index (χ3n) is 4.70. The monoisotopic (exact) mass is 405 g/mol. The minimum Gasteiger partial charge on any atom is -0.491 e. The van der Waals surface area contributed by atoms with E-state index in [2.05, 4.69) is 47.8 Å². The Morgan fingerprint density at radius 3 is 2.27 bits per heavy atom. The molecular formula is C26H31NO3. The van der Waals surface area contributed by atoms with Gasteiger partial charge < -0.3 is 19.5 Å². The molecule has 3 aromatic carbocycles. The first-order chi connectivity index (χ1) is 14.8. The number of ether oxygens (including phenoxy) is 3. The molecule has 0 amide bonds. The fourth-order valence-corrected chi connectivity index (χ4v) is 3.11. The molecule has 3 aromatic rings.